The van der Waals surface area contributed by atoms with Crippen molar-refractivity contribution in [3.05, 3.63) is 29.8 Å². The van der Waals surface area contributed by atoms with Crippen molar-refractivity contribution in [1.29, 1.82) is 0 Å². The Morgan fingerprint density at radius 1 is 1.08 bits per heavy atom. The van der Waals surface area contributed by atoms with E-state index in [4.69, 9.17) is 0 Å². The second-order valence-corrected chi connectivity index (χ2v) is 13.4. The molecule has 4 aliphatic rings. The lowest BCUT2D eigenvalue weighted by Crippen LogP contribution is -2.62. The number of H-pyrrole nitrogens is 1. The summed E-state index contributed by atoms with van der Waals surface area (Å²) < 4.78 is 13.6. The van der Waals surface area contributed by atoms with Crippen molar-refractivity contribution in [2.75, 3.05) is 0 Å². The zero-order valence-electron chi connectivity index (χ0n) is 22.0. The summed E-state index contributed by atoms with van der Waals surface area (Å²) in [4.78, 5) is 7.94. The predicted molar refractivity (Wildman–Crippen MR) is 138 cm³/mol. The molecule has 0 spiro atoms. The van der Waals surface area contributed by atoms with Crippen LogP contribution in [0.1, 0.15) is 78.0 Å². The molecule has 6 rings (SSSR count). The summed E-state index contributed by atoms with van der Waals surface area (Å²) in [6.07, 6.45) is 7.23. The van der Waals surface area contributed by atoms with E-state index in [-0.39, 0.29) is 40.9 Å². The van der Waals surface area contributed by atoms with E-state index >= 15 is 0 Å². The lowest BCUT2D eigenvalue weighted by atomic mass is 9.43. The van der Waals surface area contributed by atoms with E-state index in [1.807, 2.05) is 0 Å². The number of nitrogens with zero attached hydrogens (tertiary/aromatic N) is 1. The smallest absolute Gasteiger partial charge is 0.125 e. The van der Waals surface area contributed by atoms with Gasteiger partial charge >= 0.3 is 0 Å². The van der Waals surface area contributed by atoms with Crippen LogP contribution in [0.2, 0.25) is 0 Å². The first-order chi connectivity index (χ1) is 17.1. The Labute approximate surface area is 213 Å². The molecule has 1 heterocycles. The van der Waals surface area contributed by atoms with Gasteiger partial charge in [0.05, 0.1) is 29.3 Å². The van der Waals surface area contributed by atoms with Gasteiger partial charge < -0.3 is 20.3 Å². The highest BCUT2D eigenvalue weighted by molar-refractivity contribution is 5.74. The van der Waals surface area contributed by atoms with Crippen LogP contribution < -0.4 is 0 Å². The highest BCUT2D eigenvalue weighted by atomic mass is 19.1. The van der Waals surface area contributed by atoms with Gasteiger partial charge in [-0.05, 0) is 116 Å². The van der Waals surface area contributed by atoms with E-state index in [9.17, 15) is 19.7 Å². The molecule has 2 aromatic rings. The van der Waals surface area contributed by atoms with Gasteiger partial charge in [0, 0.05) is 6.42 Å². The molecule has 0 aliphatic heterocycles. The van der Waals surface area contributed by atoms with Gasteiger partial charge in [-0.1, -0.05) is 20.8 Å². The number of hydrogen-bond acceptors (Lipinski definition) is 4. The van der Waals surface area contributed by atoms with Crippen LogP contribution in [0.15, 0.2) is 18.2 Å². The molecule has 0 bridgehead atoms. The van der Waals surface area contributed by atoms with Crippen LogP contribution >= 0.6 is 0 Å². The first kappa shape index (κ1) is 24.8. The summed E-state index contributed by atoms with van der Waals surface area (Å²) in [6, 6.07) is 4.67. The Kier molecular flexibility index (Phi) is 6.05. The van der Waals surface area contributed by atoms with Crippen LogP contribution in [0.5, 0.6) is 0 Å². The second kappa shape index (κ2) is 8.78. The molecule has 1 unspecified atom stereocenters. The molecule has 1 aromatic heterocycles. The normalized spacial score (nSPS) is 45.2. The van der Waals surface area contributed by atoms with Crippen LogP contribution in [0.4, 0.5) is 4.39 Å². The fourth-order valence-electron chi connectivity index (χ4n) is 9.85. The Morgan fingerprint density at radius 3 is 2.69 bits per heavy atom. The van der Waals surface area contributed by atoms with E-state index in [1.165, 1.54) is 12.1 Å². The Balaban J connectivity index is 1.20. The minimum atomic E-state index is -0.359. The molecule has 4 aliphatic carbocycles. The number of aliphatic hydroxyl groups is 3. The van der Waals surface area contributed by atoms with Gasteiger partial charge in [-0.2, -0.15) is 0 Å². The van der Waals surface area contributed by atoms with E-state index in [1.54, 1.807) is 6.07 Å². The number of aromatic amines is 1. The number of halogens is 1. The average Bonchev–Trinajstić information content (AvgIpc) is 3.40. The highest BCUT2D eigenvalue weighted by Gasteiger charge is 2.65. The molecule has 4 N–H and O–H groups in total. The highest BCUT2D eigenvalue weighted by Crippen LogP contribution is 2.68. The molecule has 4 saturated carbocycles. The largest absolute Gasteiger partial charge is 0.393 e. The van der Waals surface area contributed by atoms with Crippen molar-refractivity contribution in [3.63, 3.8) is 0 Å². The third-order valence-corrected chi connectivity index (χ3v) is 11.9. The third kappa shape index (κ3) is 3.69. The first-order valence-electron chi connectivity index (χ1n) is 14.3. The Morgan fingerprint density at radius 2 is 1.89 bits per heavy atom. The molecule has 11 atom stereocenters. The lowest BCUT2D eigenvalue weighted by Gasteiger charge is -2.63. The number of imidazole rings is 1. The maximum absolute atomic E-state index is 13.6. The topological polar surface area (TPSA) is 89.4 Å². The summed E-state index contributed by atoms with van der Waals surface area (Å²) in [5.41, 5.74) is 1.47. The lowest BCUT2D eigenvalue weighted by molar-refractivity contribution is -0.207. The zero-order valence-corrected chi connectivity index (χ0v) is 22.0. The maximum Gasteiger partial charge on any atom is 0.125 e. The van der Waals surface area contributed by atoms with Gasteiger partial charge in [0.1, 0.15) is 11.6 Å². The number of nitrogens with one attached hydrogen (secondary N) is 1. The molecule has 36 heavy (non-hydrogen) atoms. The van der Waals surface area contributed by atoms with Gasteiger partial charge in [-0.15, -0.1) is 0 Å². The van der Waals surface area contributed by atoms with Gasteiger partial charge in [0.2, 0.25) is 0 Å². The predicted octanol–water partition coefficient (Wildman–Crippen LogP) is 5.23. The molecule has 0 amide bonds. The van der Waals surface area contributed by atoms with Crippen molar-refractivity contribution in [2.45, 2.75) is 96.9 Å². The van der Waals surface area contributed by atoms with E-state index in [0.717, 1.165) is 74.6 Å². The van der Waals surface area contributed by atoms with Gasteiger partial charge in [0.15, 0.2) is 0 Å². The molecule has 5 nitrogen and oxygen atoms in total. The van der Waals surface area contributed by atoms with Crippen molar-refractivity contribution in [1.82, 2.24) is 9.97 Å². The second-order valence-electron chi connectivity index (χ2n) is 13.4. The summed E-state index contributed by atoms with van der Waals surface area (Å²) in [5, 5.41) is 33.5. The van der Waals surface area contributed by atoms with E-state index in [0.29, 0.717) is 29.6 Å². The van der Waals surface area contributed by atoms with Gasteiger partial charge in [0.25, 0.3) is 0 Å². The molecule has 1 aromatic carbocycles. The minimum Gasteiger partial charge on any atom is -0.393 e. The molecule has 198 valence electrons. The first-order valence-corrected chi connectivity index (χ1v) is 14.3. The van der Waals surface area contributed by atoms with Crippen molar-refractivity contribution in [3.8, 4) is 0 Å². The molecular weight excluding hydrogens is 455 g/mol. The molecular formula is C30H43FN2O3. The van der Waals surface area contributed by atoms with Crippen LogP contribution in [0.25, 0.3) is 11.0 Å². The summed E-state index contributed by atoms with van der Waals surface area (Å²) in [6.45, 7) is 7.01. The number of fused-ring (bicyclic) bond motifs is 6. The third-order valence-electron chi connectivity index (χ3n) is 11.9. The minimum absolute atomic E-state index is 0.107. The fraction of sp³-hybridized carbons (Fsp3) is 0.767. The standard InChI is InChI=1S/C30H43FN2O3/c1-16(4-9-27-32-23-8-5-18(31)14-24(23)33-27)20-6-7-21-28-22(15-26(36)30(20,21)3)29(2)11-10-19(34)12-17(29)13-25(28)35/h5,8,14,16-17,19-22,25-26,28,34-36H,4,6-7,9-13,15H2,1-3H3,(H,32,33)/t16?,17-,19+,20+,21-,22-,25+,26-,28-,29-,30+/m0/s1. The fourth-order valence-corrected chi connectivity index (χ4v) is 9.85. The number of rotatable bonds is 4. The number of aliphatic hydroxyl groups excluding tert-OH is 3. The van der Waals surface area contributed by atoms with Crippen LogP contribution in [-0.2, 0) is 6.42 Å². The van der Waals surface area contributed by atoms with Crippen LogP contribution in [0.3, 0.4) is 0 Å². The van der Waals surface area contributed by atoms with Crippen LogP contribution in [0, 0.1) is 52.2 Å². The molecule has 6 heteroatoms. The Bertz CT molecular complexity index is 1120. The van der Waals surface area contributed by atoms with E-state index < -0.39 is 0 Å². The van der Waals surface area contributed by atoms with Crippen molar-refractivity contribution in [2.24, 2.45) is 46.3 Å². The quantitative estimate of drug-likeness (QED) is 0.465. The summed E-state index contributed by atoms with van der Waals surface area (Å²) >= 11 is 0. The van der Waals surface area contributed by atoms with E-state index in [2.05, 4.69) is 30.7 Å². The molecule has 0 saturated heterocycles. The summed E-state index contributed by atoms with van der Waals surface area (Å²) in [5.74, 6) is 2.74. The van der Waals surface area contributed by atoms with Gasteiger partial charge in [-0.3, -0.25) is 0 Å². The van der Waals surface area contributed by atoms with Crippen molar-refractivity contribution < 1.29 is 19.7 Å². The molecule has 0 radical (unpaired) electrons. The zero-order chi connectivity index (χ0) is 25.4. The Hall–Kier alpha value is -1.50. The van der Waals surface area contributed by atoms with Crippen LogP contribution in [-0.4, -0.2) is 43.6 Å². The number of hydrogen-bond donors (Lipinski definition) is 4. The number of aromatic nitrogens is 2. The summed E-state index contributed by atoms with van der Waals surface area (Å²) in [7, 11) is 0. The average molecular weight is 499 g/mol. The monoisotopic (exact) mass is 498 g/mol. The maximum atomic E-state index is 13.6. The van der Waals surface area contributed by atoms with Gasteiger partial charge in [-0.25, -0.2) is 9.37 Å². The molecule has 4 fully saturated rings. The number of aryl methyl sites for hydroxylation is 1. The SMILES string of the molecule is CC(CCc1nc2ccc(F)cc2[nH]1)[C@H]1CC[C@H]2[C@@H]3[C@H](O)C[C@@H]4C[C@H](O)CC[C@]4(C)[C@H]3C[C@H](O)[C@]12C. The number of benzene rings is 1. The van der Waals surface area contributed by atoms with Crippen molar-refractivity contribution >= 4 is 11.0 Å².